The minimum Gasteiger partial charge on any atom is -0.478 e. The fraction of sp³-hybridized carbons (Fsp3) is 0.122. The lowest BCUT2D eigenvalue weighted by molar-refractivity contribution is 0.0683. The van der Waals surface area contributed by atoms with Gasteiger partial charge in [0.1, 0.15) is 0 Å². The minimum absolute atomic E-state index is 0.0158. The Morgan fingerprint density at radius 1 is 0.596 bits per heavy atom. The number of hydrogen-bond donors (Lipinski definition) is 2. The number of Topliss-reactive ketones (excluding diaryl/α,β-unsaturated/α-hetero) is 2. The first kappa shape index (κ1) is 31.1. The molecule has 0 amide bonds. The van der Waals surface area contributed by atoms with Gasteiger partial charge in [-0.3, -0.25) is 9.59 Å². The molecule has 0 aliphatic carbocycles. The average Bonchev–Trinajstić information content (AvgIpc) is 3.07. The van der Waals surface area contributed by atoms with E-state index >= 15 is 0 Å². The Bertz CT molecular complexity index is 2240. The van der Waals surface area contributed by atoms with Gasteiger partial charge in [-0.05, 0) is 81.4 Å². The van der Waals surface area contributed by atoms with Crippen LogP contribution in [0.1, 0.15) is 71.5 Å². The molecule has 0 aliphatic rings. The van der Waals surface area contributed by atoms with Crippen molar-refractivity contribution in [2.45, 2.75) is 33.6 Å². The van der Waals surface area contributed by atoms with Crippen LogP contribution in [0.3, 0.4) is 0 Å². The Morgan fingerprint density at radius 3 is 1.85 bits per heavy atom. The molecule has 0 aromatic heterocycles. The molecule has 0 atom stereocenters. The lowest BCUT2D eigenvalue weighted by Crippen LogP contribution is -2.12. The number of carboxylic acid groups (broad SMARTS) is 2. The van der Waals surface area contributed by atoms with E-state index in [0.29, 0.717) is 32.7 Å². The summed E-state index contributed by atoms with van der Waals surface area (Å²) in [6.45, 7) is 5.56. The number of hydrogen-bond acceptors (Lipinski definition) is 4. The second kappa shape index (κ2) is 12.5. The van der Waals surface area contributed by atoms with Gasteiger partial charge in [0.2, 0.25) is 0 Å². The molecular formula is C41H32O6. The van der Waals surface area contributed by atoms with Crippen LogP contribution in [0.4, 0.5) is 0 Å². The lowest BCUT2D eigenvalue weighted by Gasteiger charge is -2.19. The summed E-state index contributed by atoms with van der Waals surface area (Å²) >= 11 is 0. The smallest absolute Gasteiger partial charge is 0.336 e. The highest BCUT2D eigenvalue weighted by molar-refractivity contribution is 6.21. The van der Waals surface area contributed by atoms with Crippen molar-refractivity contribution < 1.29 is 29.4 Å². The lowest BCUT2D eigenvalue weighted by atomic mass is 9.83. The molecule has 0 bridgehead atoms. The second-order valence-corrected chi connectivity index (χ2v) is 11.8. The van der Waals surface area contributed by atoms with Crippen LogP contribution in [-0.2, 0) is 6.42 Å². The molecule has 0 saturated heterocycles. The van der Waals surface area contributed by atoms with E-state index in [1.54, 1.807) is 25.1 Å². The summed E-state index contributed by atoms with van der Waals surface area (Å²) in [6.07, 6.45) is 0.0725. The van der Waals surface area contributed by atoms with Crippen LogP contribution in [-0.4, -0.2) is 33.7 Å². The van der Waals surface area contributed by atoms with Crippen LogP contribution in [0.5, 0.6) is 0 Å². The topological polar surface area (TPSA) is 109 Å². The third-order valence-corrected chi connectivity index (χ3v) is 8.76. The van der Waals surface area contributed by atoms with Crippen LogP contribution >= 0.6 is 0 Å². The van der Waals surface area contributed by atoms with Crippen molar-refractivity contribution in [3.05, 3.63) is 142 Å². The number of rotatable bonds is 9. The zero-order valence-electron chi connectivity index (χ0n) is 26.3. The Balaban J connectivity index is 1.54. The molecule has 0 aliphatic heterocycles. The third kappa shape index (κ3) is 5.82. The van der Waals surface area contributed by atoms with Crippen molar-refractivity contribution >= 4 is 45.0 Å². The van der Waals surface area contributed by atoms with E-state index in [-0.39, 0.29) is 46.7 Å². The summed E-state index contributed by atoms with van der Waals surface area (Å²) in [5.41, 5.74) is 5.65. The third-order valence-electron chi connectivity index (χ3n) is 8.76. The van der Waals surface area contributed by atoms with E-state index in [4.69, 9.17) is 0 Å². The predicted molar refractivity (Wildman–Crippen MR) is 185 cm³/mol. The largest absolute Gasteiger partial charge is 0.478 e. The van der Waals surface area contributed by atoms with Gasteiger partial charge in [0.05, 0.1) is 11.1 Å². The van der Waals surface area contributed by atoms with Gasteiger partial charge in [0.25, 0.3) is 0 Å². The maximum Gasteiger partial charge on any atom is 0.336 e. The summed E-state index contributed by atoms with van der Waals surface area (Å²) in [5, 5.41) is 22.9. The van der Waals surface area contributed by atoms with E-state index in [1.165, 1.54) is 12.1 Å². The maximum absolute atomic E-state index is 13.9. The highest BCUT2D eigenvalue weighted by Crippen LogP contribution is 2.41. The zero-order chi connectivity index (χ0) is 33.4. The summed E-state index contributed by atoms with van der Waals surface area (Å²) in [5.74, 6) is -3.14. The van der Waals surface area contributed by atoms with Gasteiger partial charge in [0, 0.05) is 29.5 Å². The Morgan fingerprint density at radius 2 is 1.21 bits per heavy atom. The van der Waals surface area contributed by atoms with Gasteiger partial charge in [-0.25, -0.2) is 9.59 Å². The van der Waals surface area contributed by atoms with Crippen molar-refractivity contribution in [2.24, 2.45) is 0 Å². The van der Waals surface area contributed by atoms with Crippen LogP contribution in [0.2, 0.25) is 0 Å². The predicted octanol–water partition coefficient (Wildman–Crippen LogP) is 9.36. The van der Waals surface area contributed by atoms with Crippen molar-refractivity contribution in [1.29, 1.82) is 0 Å². The summed E-state index contributed by atoms with van der Waals surface area (Å²) in [7, 11) is 0. The number of aryl methyl sites for hydroxylation is 2. The van der Waals surface area contributed by atoms with Gasteiger partial charge in [-0.2, -0.15) is 0 Å². The van der Waals surface area contributed by atoms with Gasteiger partial charge in [-0.15, -0.1) is 0 Å². The molecule has 232 valence electrons. The van der Waals surface area contributed by atoms with E-state index in [9.17, 15) is 29.4 Å². The average molecular weight is 621 g/mol. The first-order valence-electron chi connectivity index (χ1n) is 15.4. The molecule has 0 heterocycles. The molecule has 0 unspecified atom stereocenters. The van der Waals surface area contributed by atoms with Gasteiger partial charge >= 0.3 is 11.9 Å². The second-order valence-electron chi connectivity index (χ2n) is 11.8. The number of ketones is 2. The van der Waals surface area contributed by atoms with Crippen molar-refractivity contribution in [3.8, 4) is 22.3 Å². The molecule has 6 nitrogen and oxygen atoms in total. The molecule has 6 aromatic carbocycles. The Labute approximate surface area is 271 Å². The highest BCUT2D eigenvalue weighted by atomic mass is 16.4. The molecule has 6 heteroatoms. The summed E-state index contributed by atoms with van der Waals surface area (Å²) < 4.78 is 0. The van der Waals surface area contributed by atoms with E-state index in [0.717, 1.165) is 27.8 Å². The molecule has 47 heavy (non-hydrogen) atoms. The summed E-state index contributed by atoms with van der Waals surface area (Å²) in [6, 6.07) is 31.3. The molecule has 0 fully saturated rings. The SMILES string of the molecule is CCC(=O)c1c(C(=O)O)cc2ccccc2c1-c1ccc(C)c2cc(C(=O)O)c(C(=O)Cc3ccc(-c4ccc(C)cc4)cc3)cc12. The monoisotopic (exact) mass is 620 g/mol. The standard InChI is InChI=1S/C41H32O6/c1-4-36(42)39-35(41(46)47)20-28-7-5-6-8-29(28)38(39)30-18-11-24(3)31-21-34(40(44)45)33(22-32(30)31)37(43)19-25-12-16-27(17-13-25)26-14-9-23(2)10-15-26/h5-18,20-22H,4,19H2,1-3H3,(H,44,45)(H,46,47). The van der Waals surface area contributed by atoms with Gasteiger partial charge in [-0.1, -0.05) is 97.4 Å². The molecule has 0 saturated carbocycles. The van der Waals surface area contributed by atoms with E-state index in [1.807, 2.05) is 86.6 Å². The van der Waals surface area contributed by atoms with Crippen molar-refractivity contribution in [3.63, 3.8) is 0 Å². The number of benzene rings is 6. The van der Waals surface area contributed by atoms with Crippen LogP contribution in [0.15, 0.2) is 103 Å². The van der Waals surface area contributed by atoms with Crippen molar-refractivity contribution in [2.75, 3.05) is 0 Å². The maximum atomic E-state index is 13.9. The Kier molecular flexibility index (Phi) is 8.27. The zero-order valence-corrected chi connectivity index (χ0v) is 26.3. The van der Waals surface area contributed by atoms with Crippen LogP contribution in [0.25, 0.3) is 43.8 Å². The first-order valence-corrected chi connectivity index (χ1v) is 15.4. The molecule has 0 radical (unpaired) electrons. The number of carbonyl (C=O) groups is 4. The quantitative estimate of drug-likeness (QED) is 0.156. The van der Waals surface area contributed by atoms with Crippen LogP contribution < -0.4 is 0 Å². The molecular weight excluding hydrogens is 588 g/mol. The molecule has 6 rings (SSSR count). The highest BCUT2D eigenvalue weighted by Gasteiger charge is 2.26. The number of carbonyl (C=O) groups excluding carboxylic acids is 2. The Hall–Kier alpha value is -5.88. The van der Waals surface area contributed by atoms with Gasteiger partial charge in [0.15, 0.2) is 11.6 Å². The fourth-order valence-electron chi connectivity index (χ4n) is 6.27. The van der Waals surface area contributed by atoms with E-state index in [2.05, 4.69) is 0 Å². The van der Waals surface area contributed by atoms with Crippen molar-refractivity contribution in [1.82, 2.24) is 0 Å². The van der Waals surface area contributed by atoms with Crippen LogP contribution in [0, 0.1) is 13.8 Å². The molecule has 2 N–H and O–H groups in total. The number of aromatic carboxylic acids is 2. The minimum atomic E-state index is -1.23. The number of carboxylic acids is 2. The normalized spacial score (nSPS) is 11.1. The molecule has 0 spiro atoms. The summed E-state index contributed by atoms with van der Waals surface area (Å²) in [4.78, 5) is 52.3. The molecule has 6 aromatic rings. The van der Waals surface area contributed by atoms with Gasteiger partial charge < -0.3 is 10.2 Å². The first-order chi connectivity index (χ1) is 22.6. The fourth-order valence-corrected chi connectivity index (χ4v) is 6.27. The number of fused-ring (bicyclic) bond motifs is 2. The van der Waals surface area contributed by atoms with E-state index < -0.39 is 11.9 Å².